The summed E-state index contributed by atoms with van der Waals surface area (Å²) >= 11 is 0. The summed E-state index contributed by atoms with van der Waals surface area (Å²) in [5.41, 5.74) is 6.32. The van der Waals surface area contributed by atoms with E-state index in [1.54, 1.807) is 30.3 Å². The molecule has 2 aromatic rings. The zero-order valence-electron chi connectivity index (χ0n) is 26.9. The predicted octanol–water partition coefficient (Wildman–Crippen LogP) is 7.55. The van der Waals surface area contributed by atoms with Crippen molar-refractivity contribution in [1.82, 2.24) is 5.32 Å². The molecule has 2 atom stereocenters. The monoisotopic (exact) mass is 624 g/mol. The molecule has 2 amide bonds. The first-order valence-corrected chi connectivity index (χ1v) is 16.6. The van der Waals surface area contributed by atoms with Gasteiger partial charge < -0.3 is 25.3 Å². The lowest BCUT2D eigenvalue weighted by atomic mass is 10.0. The maximum Gasteiger partial charge on any atom is 0.413 e. The lowest BCUT2D eigenvalue weighted by Gasteiger charge is -2.22. The molecule has 0 bridgehead atoms. The van der Waals surface area contributed by atoms with Crippen molar-refractivity contribution in [1.29, 1.82) is 0 Å². The number of esters is 2. The normalized spacial score (nSPS) is 12.1. The van der Waals surface area contributed by atoms with Gasteiger partial charge in [0.25, 0.3) is 0 Å². The molecule has 0 spiro atoms. The van der Waals surface area contributed by atoms with Gasteiger partial charge in [-0.25, -0.2) is 9.59 Å². The van der Waals surface area contributed by atoms with Gasteiger partial charge in [-0.2, -0.15) is 0 Å². The van der Waals surface area contributed by atoms with Gasteiger partial charge in [0.2, 0.25) is 5.91 Å². The molecule has 45 heavy (non-hydrogen) atoms. The molecule has 0 unspecified atom stereocenters. The predicted molar refractivity (Wildman–Crippen MR) is 174 cm³/mol. The van der Waals surface area contributed by atoms with Gasteiger partial charge in [-0.3, -0.25) is 9.59 Å². The van der Waals surface area contributed by atoms with Gasteiger partial charge in [0, 0.05) is 6.42 Å². The zero-order chi connectivity index (χ0) is 32.5. The highest BCUT2D eigenvalue weighted by Crippen LogP contribution is 2.17. The van der Waals surface area contributed by atoms with Gasteiger partial charge in [-0.1, -0.05) is 120 Å². The van der Waals surface area contributed by atoms with Crippen LogP contribution < -0.4 is 15.8 Å². The van der Waals surface area contributed by atoms with E-state index in [4.69, 9.17) is 19.9 Å². The van der Waals surface area contributed by atoms with E-state index < -0.39 is 36.1 Å². The average molecular weight is 625 g/mol. The third kappa shape index (κ3) is 18.5. The van der Waals surface area contributed by atoms with Crippen LogP contribution in [0.1, 0.15) is 115 Å². The number of ether oxygens (including phenoxy) is 3. The highest BCUT2D eigenvalue weighted by Gasteiger charge is 2.27. The van der Waals surface area contributed by atoms with Gasteiger partial charge in [0.15, 0.2) is 0 Å². The molecule has 0 saturated carbocycles. The Hall–Kier alpha value is -3.88. The minimum atomic E-state index is -1.09. The second kappa shape index (κ2) is 23.5. The molecule has 0 aliphatic carbocycles. The number of hydrogen-bond acceptors (Lipinski definition) is 7. The molecule has 9 nitrogen and oxygen atoms in total. The Balaban J connectivity index is 1.85. The SMILES string of the molecule is CCCCCCCCCCCCC[C@H](CC(N)=O)OC(=O)[C@@H](CCCC(=O)OCc1ccccc1)NC(=O)Oc1ccccc1. The molecular formula is C36H52N2O7. The third-order valence-electron chi connectivity index (χ3n) is 7.49. The number of rotatable bonds is 24. The van der Waals surface area contributed by atoms with Crippen LogP contribution in [0.5, 0.6) is 5.75 Å². The number of carbonyl (C=O) groups is 4. The Morgan fingerprint density at radius 2 is 1.31 bits per heavy atom. The number of para-hydroxylation sites is 1. The van der Waals surface area contributed by atoms with E-state index in [1.165, 1.54) is 44.9 Å². The van der Waals surface area contributed by atoms with Crippen molar-refractivity contribution in [3.8, 4) is 5.75 Å². The summed E-state index contributed by atoms with van der Waals surface area (Å²) in [6, 6.07) is 16.7. The fourth-order valence-electron chi connectivity index (χ4n) is 4.99. The zero-order valence-corrected chi connectivity index (χ0v) is 26.9. The average Bonchev–Trinajstić information content (AvgIpc) is 3.02. The number of nitrogens with two attached hydrogens (primary N) is 1. The fourth-order valence-corrected chi connectivity index (χ4v) is 4.99. The molecular weight excluding hydrogens is 572 g/mol. The molecule has 3 N–H and O–H groups in total. The molecule has 9 heteroatoms. The van der Waals surface area contributed by atoms with Crippen LogP contribution in [0.25, 0.3) is 0 Å². The lowest BCUT2D eigenvalue weighted by molar-refractivity contribution is -0.153. The Morgan fingerprint density at radius 3 is 1.91 bits per heavy atom. The molecule has 0 heterocycles. The maximum absolute atomic E-state index is 13.3. The first-order chi connectivity index (χ1) is 21.9. The number of unbranched alkanes of at least 4 members (excludes halogenated alkanes) is 10. The van der Waals surface area contributed by atoms with E-state index in [0.717, 1.165) is 31.2 Å². The lowest BCUT2D eigenvalue weighted by Crippen LogP contribution is -2.44. The summed E-state index contributed by atoms with van der Waals surface area (Å²) in [4.78, 5) is 49.9. The van der Waals surface area contributed by atoms with Gasteiger partial charge in [-0.05, 0) is 43.4 Å². The van der Waals surface area contributed by atoms with Crippen LogP contribution in [0, 0.1) is 0 Å². The molecule has 0 aliphatic heterocycles. The van der Waals surface area contributed by atoms with E-state index in [0.29, 0.717) is 12.2 Å². The summed E-state index contributed by atoms with van der Waals surface area (Å²) in [6.07, 6.45) is 12.3. The summed E-state index contributed by atoms with van der Waals surface area (Å²) in [5.74, 6) is -1.37. The van der Waals surface area contributed by atoms with E-state index in [1.807, 2.05) is 30.3 Å². The number of hydrogen-bond donors (Lipinski definition) is 2. The molecule has 2 aromatic carbocycles. The standard InChI is InChI=1S/C36H52N2O7/c1-2-3-4-5-6-7-8-9-10-11-16-24-31(27-33(37)39)44-35(41)32(38-36(42)45-30-22-17-13-18-23-30)25-19-26-34(40)43-28-29-20-14-12-15-21-29/h12-15,17-18,20-23,31-32H,2-11,16,19,24-28H2,1H3,(H2,37,39)(H,38,42)/t31-,32-/m1/s1. The molecule has 0 aromatic heterocycles. The molecule has 0 saturated heterocycles. The summed E-state index contributed by atoms with van der Waals surface area (Å²) in [7, 11) is 0. The van der Waals surface area contributed by atoms with Crippen molar-refractivity contribution in [2.24, 2.45) is 5.73 Å². The summed E-state index contributed by atoms with van der Waals surface area (Å²) < 4.78 is 16.3. The highest BCUT2D eigenvalue weighted by atomic mass is 16.6. The van der Waals surface area contributed by atoms with E-state index >= 15 is 0 Å². The Morgan fingerprint density at radius 1 is 0.733 bits per heavy atom. The van der Waals surface area contributed by atoms with E-state index in [-0.39, 0.29) is 32.3 Å². The number of benzene rings is 2. The van der Waals surface area contributed by atoms with Crippen molar-refractivity contribution < 1.29 is 33.4 Å². The Labute approximate surface area is 268 Å². The molecule has 248 valence electrons. The Kier molecular flexibility index (Phi) is 19.5. The number of amides is 2. The second-order valence-electron chi connectivity index (χ2n) is 11.5. The Bertz CT molecular complexity index is 1110. The second-order valence-corrected chi connectivity index (χ2v) is 11.5. The largest absolute Gasteiger partial charge is 0.461 e. The van der Waals surface area contributed by atoms with Crippen molar-refractivity contribution in [3.63, 3.8) is 0 Å². The van der Waals surface area contributed by atoms with Crippen LogP contribution in [0.3, 0.4) is 0 Å². The number of nitrogens with one attached hydrogen (secondary N) is 1. The van der Waals surface area contributed by atoms with Crippen LogP contribution in [0.15, 0.2) is 60.7 Å². The summed E-state index contributed by atoms with van der Waals surface area (Å²) in [6.45, 7) is 2.38. The molecule has 2 rings (SSSR count). The van der Waals surface area contributed by atoms with Crippen LogP contribution in [-0.4, -0.2) is 36.1 Å². The molecule has 0 fully saturated rings. The van der Waals surface area contributed by atoms with Crippen molar-refractivity contribution in [3.05, 3.63) is 66.2 Å². The first kappa shape index (κ1) is 37.3. The highest BCUT2D eigenvalue weighted by molar-refractivity contribution is 5.82. The topological polar surface area (TPSA) is 134 Å². The van der Waals surface area contributed by atoms with Crippen LogP contribution in [-0.2, 0) is 30.5 Å². The van der Waals surface area contributed by atoms with Crippen molar-refractivity contribution >= 4 is 23.9 Å². The third-order valence-corrected chi connectivity index (χ3v) is 7.49. The molecule has 0 radical (unpaired) electrons. The minimum Gasteiger partial charge on any atom is -0.461 e. The van der Waals surface area contributed by atoms with Gasteiger partial charge in [0.1, 0.15) is 24.5 Å². The van der Waals surface area contributed by atoms with Crippen molar-refractivity contribution in [2.75, 3.05) is 0 Å². The smallest absolute Gasteiger partial charge is 0.413 e. The fraction of sp³-hybridized carbons (Fsp3) is 0.556. The van der Waals surface area contributed by atoms with Crippen molar-refractivity contribution in [2.45, 2.75) is 128 Å². The maximum atomic E-state index is 13.3. The van der Waals surface area contributed by atoms with E-state index in [9.17, 15) is 19.2 Å². The van der Waals surface area contributed by atoms with E-state index in [2.05, 4.69) is 12.2 Å². The first-order valence-electron chi connectivity index (χ1n) is 16.6. The van der Waals surface area contributed by atoms with Crippen LogP contribution in [0.4, 0.5) is 4.79 Å². The molecule has 0 aliphatic rings. The van der Waals surface area contributed by atoms with Gasteiger partial charge in [-0.15, -0.1) is 0 Å². The van der Waals surface area contributed by atoms with Gasteiger partial charge in [0.05, 0.1) is 6.42 Å². The summed E-state index contributed by atoms with van der Waals surface area (Å²) in [5, 5.41) is 2.56. The number of primary amides is 1. The van der Waals surface area contributed by atoms with Crippen LogP contribution in [0.2, 0.25) is 0 Å². The quantitative estimate of drug-likeness (QED) is 0.0910. The van der Waals surface area contributed by atoms with Gasteiger partial charge >= 0.3 is 18.0 Å². The number of carbonyl (C=O) groups excluding carboxylic acids is 4. The minimum absolute atomic E-state index is 0.0511. The van der Waals surface area contributed by atoms with Crippen LogP contribution >= 0.6 is 0 Å².